The number of likely N-dealkylation sites (N-methyl/N-ethyl adjacent to an activating group) is 1. The molecule has 0 aliphatic carbocycles. The Bertz CT molecular complexity index is 348. The van der Waals surface area contributed by atoms with Crippen LogP contribution in [0.25, 0.3) is 0 Å². The third-order valence-electron chi connectivity index (χ3n) is 2.62. The molecule has 1 N–H and O–H groups in total. The molecule has 3 heteroatoms. The van der Waals surface area contributed by atoms with Crippen LogP contribution in [-0.4, -0.2) is 39.2 Å². The minimum Gasteiger partial charge on any atom is -0.496 e. The highest BCUT2D eigenvalue weighted by Crippen LogP contribution is 2.25. The van der Waals surface area contributed by atoms with Crippen LogP contribution >= 0.6 is 0 Å². The summed E-state index contributed by atoms with van der Waals surface area (Å²) in [5.41, 5.74) is 3.59. The zero-order valence-electron chi connectivity index (χ0n) is 10.9. The first-order valence-corrected chi connectivity index (χ1v) is 5.58. The zero-order chi connectivity index (χ0) is 12.1. The van der Waals surface area contributed by atoms with Gasteiger partial charge in [0.25, 0.3) is 0 Å². The lowest BCUT2D eigenvalue weighted by Gasteiger charge is -2.15. The van der Waals surface area contributed by atoms with Gasteiger partial charge in [0.2, 0.25) is 0 Å². The van der Waals surface area contributed by atoms with Crippen LogP contribution in [0, 0.1) is 13.8 Å². The molecular formula is C13H22N2O. The van der Waals surface area contributed by atoms with Crippen LogP contribution < -0.4 is 10.1 Å². The Morgan fingerprint density at radius 2 is 1.88 bits per heavy atom. The summed E-state index contributed by atoms with van der Waals surface area (Å²) in [6.45, 7) is 6.15. The van der Waals surface area contributed by atoms with E-state index in [9.17, 15) is 0 Å². The molecule has 0 radical (unpaired) electrons. The number of hydrogen-bond acceptors (Lipinski definition) is 3. The Kier molecular flexibility index (Phi) is 4.62. The van der Waals surface area contributed by atoms with Gasteiger partial charge in [0.1, 0.15) is 5.75 Å². The third kappa shape index (κ3) is 3.42. The van der Waals surface area contributed by atoms with Crippen molar-refractivity contribution in [2.24, 2.45) is 0 Å². The highest BCUT2D eigenvalue weighted by Gasteiger charge is 2.04. The van der Waals surface area contributed by atoms with Gasteiger partial charge in [-0.15, -0.1) is 0 Å². The van der Waals surface area contributed by atoms with Crippen molar-refractivity contribution in [2.45, 2.75) is 13.8 Å². The van der Waals surface area contributed by atoms with Crippen LogP contribution in [0.4, 0.5) is 5.69 Å². The highest BCUT2D eigenvalue weighted by atomic mass is 16.5. The van der Waals surface area contributed by atoms with Crippen molar-refractivity contribution in [3.05, 3.63) is 23.3 Å². The number of anilines is 1. The van der Waals surface area contributed by atoms with E-state index < -0.39 is 0 Å². The third-order valence-corrected chi connectivity index (χ3v) is 2.62. The molecule has 0 aliphatic rings. The summed E-state index contributed by atoms with van der Waals surface area (Å²) >= 11 is 0. The molecule has 0 atom stereocenters. The molecule has 0 saturated carbocycles. The smallest absolute Gasteiger partial charge is 0.122 e. The van der Waals surface area contributed by atoms with Crippen LogP contribution in [0.5, 0.6) is 5.75 Å². The molecule has 0 bridgehead atoms. The van der Waals surface area contributed by atoms with Crippen molar-refractivity contribution >= 4 is 5.69 Å². The van der Waals surface area contributed by atoms with Crippen molar-refractivity contribution in [3.63, 3.8) is 0 Å². The molecule has 3 nitrogen and oxygen atoms in total. The predicted octanol–water partition coefficient (Wildman–Crippen LogP) is 2.29. The first-order chi connectivity index (χ1) is 7.54. The molecule has 0 aliphatic heterocycles. The standard InChI is InChI=1S/C13H22N2O/c1-10-9-13(16-5)11(2)8-12(10)14-6-7-15(3)4/h8-9,14H,6-7H2,1-5H3. The van der Waals surface area contributed by atoms with Crippen LogP contribution in [0.1, 0.15) is 11.1 Å². The van der Waals surface area contributed by atoms with E-state index in [4.69, 9.17) is 4.74 Å². The maximum absolute atomic E-state index is 5.29. The van der Waals surface area contributed by atoms with Crippen molar-refractivity contribution in [1.29, 1.82) is 0 Å². The molecule has 0 aromatic heterocycles. The Morgan fingerprint density at radius 3 is 2.44 bits per heavy atom. The van der Waals surface area contributed by atoms with E-state index >= 15 is 0 Å². The normalized spacial score (nSPS) is 10.6. The largest absolute Gasteiger partial charge is 0.496 e. The molecular weight excluding hydrogens is 200 g/mol. The molecule has 0 amide bonds. The Hall–Kier alpha value is -1.22. The molecule has 90 valence electrons. The van der Waals surface area contributed by atoms with Crippen LogP contribution in [0.15, 0.2) is 12.1 Å². The first kappa shape index (κ1) is 12.8. The van der Waals surface area contributed by atoms with Crippen molar-refractivity contribution in [1.82, 2.24) is 4.90 Å². The van der Waals surface area contributed by atoms with Gasteiger partial charge in [-0.1, -0.05) is 0 Å². The number of nitrogens with zero attached hydrogens (tertiary/aromatic N) is 1. The Labute approximate surface area is 98.4 Å². The van der Waals surface area contributed by atoms with Crippen LogP contribution in [0.2, 0.25) is 0 Å². The van der Waals surface area contributed by atoms with Gasteiger partial charge < -0.3 is 15.0 Å². The number of hydrogen-bond donors (Lipinski definition) is 1. The monoisotopic (exact) mass is 222 g/mol. The number of rotatable bonds is 5. The lowest BCUT2D eigenvalue weighted by molar-refractivity contribution is 0.411. The summed E-state index contributed by atoms with van der Waals surface area (Å²) < 4.78 is 5.29. The summed E-state index contributed by atoms with van der Waals surface area (Å²) in [6.07, 6.45) is 0. The lowest BCUT2D eigenvalue weighted by atomic mass is 10.1. The lowest BCUT2D eigenvalue weighted by Crippen LogP contribution is -2.21. The molecule has 0 fully saturated rings. The van der Waals surface area contributed by atoms with E-state index in [1.54, 1.807) is 7.11 Å². The minimum absolute atomic E-state index is 0.954. The molecule has 0 unspecified atom stereocenters. The summed E-state index contributed by atoms with van der Waals surface area (Å²) in [6, 6.07) is 4.22. The van der Waals surface area contributed by atoms with Gasteiger partial charge in [0, 0.05) is 18.8 Å². The minimum atomic E-state index is 0.954. The van der Waals surface area contributed by atoms with E-state index in [1.165, 1.54) is 16.8 Å². The molecule has 1 aromatic carbocycles. The summed E-state index contributed by atoms with van der Waals surface area (Å²) in [7, 11) is 5.86. The van der Waals surface area contributed by atoms with Gasteiger partial charge in [-0.05, 0) is 51.2 Å². The van der Waals surface area contributed by atoms with E-state index in [0.717, 1.165) is 18.8 Å². The molecule has 1 rings (SSSR count). The van der Waals surface area contributed by atoms with Gasteiger partial charge in [0.05, 0.1) is 7.11 Å². The van der Waals surface area contributed by atoms with Gasteiger partial charge in [-0.25, -0.2) is 0 Å². The number of aryl methyl sites for hydroxylation is 2. The number of nitrogens with one attached hydrogen (secondary N) is 1. The average molecular weight is 222 g/mol. The van der Waals surface area contributed by atoms with Crippen LogP contribution in [-0.2, 0) is 0 Å². The van der Waals surface area contributed by atoms with Crippen molar-refractivity contribution in [3.8, 4) is 5.75 Å². The van der Waals surface area contributed by atoms with Gasteiger partial charge in [-0.3, -0.25) is 0 Å². The maximum Gasteiger partial charge on any atom is 0.122 e. The topological polar surface area (TPSA) is 24.5 Å². The quantitative estimate of drug-likeness (QED) is 0.827. The second-order valence-corrected chi connectivity index (χ2v) is 4.37. The van der Waals surface area contributed by atoms with Crippen molar-refractivity contribution in [2.75, 3.05) is 39.6 Å². The van der Waals surface area contributed by atoms with Gasteiger partial charge in [-0.2, -0.15) is 0 Å². The number of ether oxygens (including phenoxy) is 1. The van der Waals surface area contributed by atoms with Gasteiger partial charge >= 0.3 is 0 Å². The average Bonchev–Trinajstić information content (AvgIpc) is 2.22. The highest BCUT2D eigenvalue weighted by molar-refractivity contribution is 5.56. The molecule has 16 heavy (non-hydrogen) atoms. The fourth-order valence-corrected chi connectivity index (χ4v) is 1.61. The summed E-state index contributed by atoms with van der Waals surface area (Å²) in [5, 5.41) is 3.44. The predicted molar refractivity (Wildman–Crippen MR) is 69.5 cm³/mol. The first-order valence-electron chi connectivity index (χ1n) is 5.58. The van der Waals surface area contributed by atoms with Crippen molar-refractivity contribution < 1.29 is 4.74 Å². The molecule has 0 spiro atoms. The summed E-state index contributed by atoms with van der Waals surface area (Å²) in [4.78, 5) is 2.17. The van der Waals surface area contributed by atoms with Gasteiger partial charge in [0.15, 0.2) is 0 Å². The summed E-state index contributed by atoms with van der Waals surface area (Å²) in [5.74, 6) is 0.954. The maximum atomic E-state index is 5.29. The molecule has 0 heterocycles. The van der Waals surface area contributed by atoms with E-state index in [2.05, 4.69) is 50.3 Å². The Morgan fingerprint density at radius 1 is 1.19 bits per heavy atom. The fourth-order valence-electron chi connectivity index (χ4n) is 1.61. The SMILES string of the molecule is COc1cc(C)c(NCCN(C)C)cc1C. The number of methoxy groups -OCH3 is 1. The Balaban J connectivity index is 2.70. The second-order valence-electron chi connectivity index (χ2n) is 4.37. The van der Waals surface area contributed by atoms with E-state index in [0.29, 0.717) is 0 Å². The fraction of sp³-hybridized carbons (Fsp3) is 0.538. The van der Waals surface area contributed by atoms with E-state index in [1.807, 2.05) is 0 Å². The number of benzene rings is 1. The van der Waals surface area contributed by atoms with E-state index in [-0.39, 0.29) is 0 Å². The van der Waals surface area contributed by atoms with Crippen LogP contribution in [0.3, 0.4) is 0 Å². The zero-order valence-corrected chi connectivity index (χ0v) is 10.9. The molecule has 0 saturated heterocycles. The second kappa shape index (κ2) is 5.75. The molecule has 1 aromatic rings.